The fraction of sp³-hybridized carbons (Fsp3) is 0.346. The molecule has 1 fully saturated rings. The molecule has 3 aromatic rings. The fourth-order valence-corrected chi connectivity index (χ4v) is 5.74. The summed E-state index contributed by atoms with van der Waals surface area (Å²) in [6.07, 6.45) is 6.47. The lowest BCUT2D eigenvalue weighted by Crippen LogP contribution is -2.23. The molecule has 0 spiro atoms. The molecule has 1 unspecified atom stereocenters. The molecule has 1 heterocycles. The Morgan fingerprint density at radius 3 is 2.40 bits per heavy atom. The molecule has 1 saturated carbocycles. The third-order valence-electron chi connectivity index (χ3n) is 6.05. The van der Waals surface area contributed by atoms with Crippen molar-refractivity contribution < 1.29 is 9.53 Å². The second kappa shape index (κ2) is 9.48. The van der Waals surface area contributed by atoms with Crippen LogP contribution in [-0.4, -0.2) is 13.1 Å². The number of carbonyl (C=O) groups is 1. The second-order valence-electron chi connectivity index (χ2n) is 8.11. The minimum absolute atomic E-state index is 0.289. The molecular weight excluding hydrogens is 390 g/mol. The van der Waals surface area contributed by atoms with E-state index in [0.29, 0.717) is 11.5 Å². The van der Waals surface area contributed by atoms with E-state index in [1.54, 1.807) is 0 Å². The summed E-state index contributed by atoms with van der Waals surface area (Å²) in [5.74, 6) is 0.326. The zero-order valence-corrected chi connectivity index (χ0v) is 18.5. The van der Waals surface area contributed by atoms with Gasteiger partial charge in [-0.05, 0) is 67.1 Å². The Morgan fingerprint density at radius 1 is 1.03 bits per heavy atom. The van der Waals surface area contributed by atoms with Gasteiger partial charge in [0.1, 0.15) is 0 Å². The molecule has 2 aromatic carbocycles. The smallest absolute Gasteiger partial charge is 0.337 e. The summed E-state index contributed by atoms with van der Waals surface area (Å²) >= 11 is 1.91. The lowest BCUT2D eigenvalue weighted by molar-refractivity contribution is 0.0601. The van der Waals surface area contributed by atoms with E-state index < -0.39 is 0 Å². The van der Waals surface area contributed by atoms with Gasteiger partial charge in [0.05, 0.1) is 18.7 Å². The zero-order chi connectivity index (χ0) is 20.9. The molecule has 30 heavy (non-hydrogen) atoms. The molecule has 1 atom stereocenters. The van der Waals surface area contributed by atoms with Gasteiger partial charge in [-0.2, -0.15) is 0 Å². The number of hydrogen-bond acceptors (Lipinski definition) is 4. The topological polar surface area (TPSA) is 38.3 Å². The van der Waals surface area contributed by atoms with E-state index in [0.717, 1.165) is 5.69 Å². The minimum Gasteiger partial charge on any atom is -0.465 e. The number of hydrogen-bond donors (Lipinski definition) is 1. The van der Waals surface area contributed by atoms with E-state index >= 15 is 0 Å². The number of methoxy groups -OCH3 is 1. The Balaban J connectivity index is 1.64. The molecule has 0 amide bonds. The van der Waals surface area contributed by atoms with E-state index in [4.69, 9.17) is 4.74 Å². The third kappa shape index (κ3) is 4.59. The fourth-order valence-electron chi connectivity index (χ4n) is 4.41. The second-order valence-corrected chi connectivity index (χ2v) is 9.20. The number of esters is 1. The van der Waals surface area contributed by atoms with Gasteiger partial charge < -0.3 is 10.1 Å². The molecule has 156 valence electrons. The van der Waals surface area contributed by atoms with Gasteiger partial charge in [-0.1, -0.05) is 49.6 Å². The van der Waals surface area contributed by atoms with E-state index in [2.05, 4.69) is 48.6 Å². The molecule has 4 rings (SSSR count). The molecule has 0 saturated heterocycles. The highest BCUT2D eigenvalue weighted by Crippen LogP contribution is 2.43. The predicted molar refractivity (Wildman–Crippen MR) is 125 cm³/mol. The van der Waals surface area contributed by atoms with Crippen LogP contribution in [-0.2, 0) is 4.74 Å². The summed E-state index contributed by atoms with van der Waals surface area (Å²) in [4.78, 5) is 14.5. The van der Waals surface area contributed by atoms with Crippen molar-refractivity contribution >= 4 is 23.0 Å². The van der Waals surface area contributed by atoms with E-state index in [9.17, 15) is 4.79 Å². The van der Waals surface area contributed by atoms with Crippen molar-refractivity contribution in [2.45, 2.75) is 45.1 Å². The van der Waals surface area contributed by atoms with Gasteiger partial charge in [-0.25, -0.2) is 4.79 Å². The number of aryl methyl sites for hydroxylation is 1. The lowest BCUT2D eigenvalue weighted by Gasteiger charge is -2.31. The van der Waals surface area contributed by atoms with Crippen LogP contribution in [0, 0.1) is 12.8 Å². The van der Waals surface area contributed by atoms with Gasteiger partial charge in [0.25, 0.3) is 0 Å². The Hall–Kier alpha value is -2.59. The maximum Gasteiger partial charge on any atom is 0.337 e. The first-order valence-electron chi connectivity index (χ1n) is 10.8. The van der Waals surface area contributed by atoms with Crippen LogP contribution in [0.15, 0.2) is 60.7 Å². The maximum atomic E-state index is 11.8. The van der Waals surface area contributed by atoms with Crippen LogP contribution < -0.4 is 5.32 Å². The van der Waals surface area contributed by atoms with Crippen LogP contribution in [0.4, 0.5) is 5.69 Å². The summed E-state index contributed by atoms with van der Waals surface area (Å²) < 4.78 is 4.82. The van der Waals surface area contributed by atoms with Crippen molar-refractivity contribution in [3.05, 3.63) is 76.7 Å². The van der Waals surface area contributed by atoms with E-state index in [1.807, 2.05) is 35.6 Å². The first-order chi connectivity index (χ1) is 14.7. The number of anilines is 1. The monoisotopic (exact) mass is 419 g/mol. The summed E-state index contributed by atoms with van der Waals surface area (Å²) in [6.45, 7) is 2.23. The van der Waals surface area contributed by atoms with Crippen LogP contribution >= 0.6 is 11.3 Å². The first kappa shape index (κ1) is 20.7. The number of ether oxygens (including phenoxy) is 1. The van der Waals surface area contributed by atoms with Gasteiger partial charge in [-0.3, -0.25) is 0 Å². The van der Waals surface area contributed by atoms with E-state index in [-0.39, 0.29) is 12.0 Å². The largest absolute Gasteiger partial charge is 0.465 e. The molecule has 0 aliphatic heterocycles. The van der Waals surface area contributed by atoms with Crippen molar-refractivity contribution in [3.8, 4) is 10.4 Å². The summed E-state index contributed by atoms with van der Waals surface area (Å²) in [5.41, 5.74) is 4.26. The standard InChI is InChI=1S/C26H29NO2S/c1-18-17-23(19-9-5-3-6-10-19)30-25(18)24(20-11-7-4-8-12-20)27-22-15-13-21(14-16-22)26(28)29-2/h3,5-6,9-10,13-17,20,24,27H,4,7-8,11-12H2,1-2H3. The number of benzene rings is 2. The predicted octanol–water partition coefficient (Wildman–Crippen LogP) is 7.24. The molecule has 0 bridgehead atoms. The van der Waals surface area contributed by atoms with Crippen LogP contribution in [0.25, 0.3) is 10.4 Å². The number of nitrogens with one attached hydrogen (secondary N) is 1. The maximum absolute atomic E-state index is 11.8. The van der Waals surface area contributed by atoms with Crippen molar-refractivity contribution in [2.24, 2.45) is 5.92 Å². The SMILES string of the molecule is COC(=O)c1ccc(NC(c2sc(-c3ccccc3)cc2C)C2CCCCC2)cc1. The Morgan fingerprint density at radius 2 is 1.73 bits per heavy atom. The lowest BCUT2D eigenvalue weighted by atomic mass is 9.82. The number of thiophene rings is 1. The Kier molecular flexibility index (Phi) is 6.53. The number of rotatable bonds is 6. The average molecular weight is 420 g/mol. The zero-order valence-electron chi connectivity index (χ0n) is 17.7. The first-order valence-corrected chi connectivity index (χ1v) is 11.6. The highest BCUT2D eigenvalue weighted by Gasteiger charge is 2.28. The van der Waals surface area contributed by atoms with Gasteiger partial charge in [0.2, 0.25) is 0 Å². The quantitative estimate of drug-likeness (QED) is 0.428. The Labute approximate surface area is 183 Å². The summed E-state index contributed by atoms with van der Waals surface area (Å²) in [6, 6.07) is 20.9. The molecule has 4 heteroatoms. The molecular formula is C26H29NO2S. The molecule has 1 aromatic heterocycles. The average Bonchev–Trinajstić information content (AvgIpc) is 3.20. The van der Waals surface area contributed by atoms with Gasteiger partial charge in [0.15, 0.2) is 0 Å². The van der Waals surface area contributed by atoms with Crippen LogP contribution in [0.3, 0.4) is 0 Å². The van der Waals surface area contributed by atoms with Gasteiger partial charge >= 0.3 is 5.97 Å². The van der Waals surface area contributed by atoms with Crippen molar-refractivity contribution in [1.82, 2.24) is 0 Å². The van der Waals surface area contributed by atoms with Crippen molar-refractivity contribution in [3.63, 3.8) is 0 Å². The summed E-state index contributed by atoms with van der Waals surface area (Å²) in [7, 11) is 1.41. The van der Waals surface area contributed by atoms with Gasteiger partial charge in [0, 0.05) is 15.4 Å². The summed E-state index contributed by atoms with van der Waals surface area (Å²) in [5, 5.41) is 3.81. The van der Waals surface area contributed by atoms with Crippen molar-refractivity contribution in [2.75, 3.05) is 12.4 Å². The molecule has 1 N–H and O–H groups in total. The molecule has 0 radical (unpaired) electrons. The van der Waals surface area contributed by atoms with Crippen LogP contribution in [0.5, 0.6) is 0 Å². The highest BCUT2D eigenvalue weighted by atomic mass is 32.1. The normalized spacial score (nSPS) is 15.5. The number of carbonyl (C=O) groups excluding carboxylic acids is 1. The van der Waals surface area contributed by atoms with Crippen LogP contribution in [0.1, 0.15) is 58.9 Å². The van der Waals surface area contributed by atoms with Crippen LogP contribution in [0.2, 0.25) is 0 Å². The minimum atomic E-state index is -0.299. The highest BCUT2D eigenvalue weighted by molar-refractivity contribution is 7.15. The molecule has 1 aliphatic carbocycles. The molecule has 3 nitrogen and oxygen atoms in total. The van der Waals surface area contributed by atoms with Gasteiger partial charge in [-0.15, -0.1) is 11.3 Å². The van der Waals surface area contributed by atoms with Crippen molar-refractivity contribution in [1.29, 1.82) is 0 Å². The Bertz CT molecular complexity index is 972. The third-order valence-corrected chi connectivity index (χ3v) is 7.42. The molecule has 1 aliphatic rings. The van der Waals surface area contributed by atoms with E-state index in [1.165, 1.54) is 60.1 Å².